The quantitative estimate of drug-likeness (QED) is 0.808. The highest BCUT2D eigenvalue weighted by atomic mass is 32.1. The van der Waals surface area contributed by atoms with Crippen molar-refractivity contribution in [3.63, 3.8) is 0 Å². The van der Waals surface area contributed by atoms with E-state index in [0.717, 1.165) is 41.4 Å². The van der Waals surface area contributed by atoms with Gasteiger partial charge in [0.05, 0.1) is 16.7 Å². The molecule has 1 N–H and O–H groups in total. The lowest BCUT2D eigenvalue weighted by Gasteiger charge is -2.14. The molecular formula is C10H16N2OS. The number of fused-ring (bicyclic) bond motifs is 1. The Labute approximate surface area is 88.4 Å². The van der Waals surface area contributed by atoms with Gasteiger partial charge in [0.25, 0.3) is 0 Å². The first-order valence-corrected chi connectivity index (χ1v) is 5.79. The third kappa shape index (κ3) is 1.97. The van der Waals surface area contributed by atoms with Crippen molar-refractivity contribution < 1.29 is 5.11 Å². The second-order valence-corrected chi connectivity index (χ2v) is 5.18. The van der Waals surface area contributed by atoms with E-state index in [9.17, 15) is 5.11 Å². The van der Waals surface area contributed by atoms with Crippen molar-refractivity contribution in [3.05, 3.63) is 15.6 Å². The molecule has 0 saturated carbocycles. The number of aromatic nitrogens is 1. The molecule has 78 valence electrons. The van der Waals surface area contributed by atoms with Crippen molar-refractivity contribution in [2.75, 3.05) is 14.1 Å². The van der Waals surface area contributed by atoms with Crippen molar-refractivity contribution in [1.82, 2.24) is 9.88 Å². The smallest absolute Gasteiger partial charge is 0.107 e. The Balaban J connectivity index is 2.21. The van der Waals surface area contributed by atoms with Crippen LogP contribution in [0.5, 0.6) is 0 Å². The molecule has 3 nitrogen and oxygen atoms in total. The SMILES string of the molecule is CN(C)Cc1nc2c(s1)C(O)CCC2. The minimum atomic E-state index is -0.257. The maximum atomic E-state index is 9.77. The first-order chi connectivity index (χ1) is 6.66. The van der Waals surface area contributed by atoms with Crippen LogP contribution < -0.4 is 0 Å². The zero-order valence-corrected chi connectivity index (χ0v) is 9.47. The fourth-order valence-corrected chi connectivity index (χ4v) is 3.04. The molecule has 1 aliphatic rings. The molecule has 0 aliphatic heterocycles. The molecule has 0 spiro atoms. The Hall–Kier alpha value is -0.450. The number of aryl methyl sites for hydroxylation is 1. The van der Waals surface area contributed by atoms with Gasteiger partial charge in [0.2, 0.25) is 0 Å². The molecule has 2 rings (SSSR count). The minimum Gasteiger partial charge on any atom is -0.388 e. The number of hydrogen-bond acceptors (Lipinski definition) is 4. The molecule has 0 radical (unpaired) electrons. The first-order valence-electron chi connectivity index (χ1n) is 4.98. The molecule has 1 aromatic heterocycles. The van der Waals surface area contributed by atoms with E-state index in [1.165, 1.54) is 0 Å². The van der Waals surface area contributed by atoms with Crippen LogP contribution in [0.25, 0.3) is 0 Å². The van der Waals surface area contributed by atoms with Gasteiger partial charge in [-0.3, -0.25) is 0 Å². The van der Waals surface area contributed by atoms with Crippen LogP contribution in [-0.2, 0) is 13.0 Å². The van der Waals surface area contributed by atoms with Crippen molar-refractivity contribution in [1.29, 1.82) is 0 Å². The van der Waals surface area contributed by atoms with Crippen LogP contribution in [0.3, 0.4) is 0 Å². The zero-order valence-electron chi connectivity index (χ0n) is 8.66. The summed E-state index contributed by atoms with van der Waals surface area (Å²) >= 11 is 1.67. The van der Waals surface area contributed by atoms with Gasteiger partial charge in [0, 0.05) is 6.54 Å². The Morgan fingerprint density at radius 2 is 2.36 bits per heavy atom. The lowest BCUT2D eigenvalue weighted by Crippen LogP contribution is -2.10. The first kappa shape index (κ1) is 10.1. The summed E-state index contributed by atoms with van der Waals surface area (Å²) in [4.78, 5) is 7.77. The molecule has 14 heavy (non-hydrogen) atoms. The lowest BCUT2D eigenvalue weighted by atomic mass is 10.0. The van der Waals surface area contributed by atoms with Gasteiger partial charge >= 0.3 is 0 Å². The number of hydrogen-bond donors (Lipinski definition) is 1. The molecule has 1 aromatic rings. The summed E-state index contributed by atoms with van der Waals surface area (Å²) in [5, 5.41) is 10.9. The second-order valence-electron chi connectivity index (χ2n) is 4.06. The average molecular weight is 212 g/mol. The highest BCUT2D eigenvalue weighted by Gasteiger charge is 2.22. The molecule has 0 bridgehead atoms. The van der Waals surface area contributed by atoms with Crippen LogP contribution in [0.4, 0.5) is 0 Å². The molecule has 0 aromatic carbocycles. The summed E-state index contributed by atoms with van der Waals surface area (Å²) in [6, 6.07) is 0. The number of aliphatic hydroxyl groups is 1. The molecule has 1 aliphatic carbocycles. The van der Waals surface area contributed by atoms with Gasteiger partial charge in [-0.2, -0.15) is 0 Å². The summed E-state index contributed by atoms with van der Waals surface area (Å²) in [5.74, 6) is 0. The Bertz CT molecular complexity index is 322. The monoisotopic (exact) mass is 212 g/mol. The van der Waals surface area contributed by atoms with E-state index in [2.05, 4.69) is 9.88 Å². The Morgan fingerprint density at radius 3 is 3.00 bits per heavy atom. The highest BCUT2D eigenvalue weighted by Crippen LogP contribution is 2.34. The lowest BCUT2D eigenvalue weighted by molar-refractivity contribution is 0.160. The van der Waals surface area contributed by atoms with Gasteiger partial charge < -0.3 is 10.0 Å². The van der Waals surface area contributed by atoms with Gasteiger partial charge in [-0.1, -0.05) is 0 Å². The molecule has 0 fully saturated rings. The number of aliphatic hydroxyl groups excluding tert-OH is 1. The maximum Gasteiger partial charge on any atom is 0.107 e. The molecule has 1 unspecified atom stereocenters. The highest BCUT2D eigenvalue weighted by molar-refractivity contribution is 7.11. The van der Waals surface area contributed by atoms with Crippen molar-refractivity contribution >= 4 is 11.3 Å². The predicted octanol–water partition coefficient (Wildman–Crippen LogP) is 1.57. The molecular weight excluding hydrogens is 196 g/mol. The normalized spacial score (nSPS) is 21.3. The average Bonchev–Trinajstić information content (AvgIpc) is 2.47. The number of rotatable bonds is 2. The van der Waals surface area contributed by atoms with Crippen LogP contribution in [0.2, 0.25) is 0 Å². The fourth-order valence-electron chi connectivity index (χ4n) is 1.79. The third-order valence-electron chi connectivity index (χ3n) is 2.42. The van der Waals surface area contributed by atoms with Gasteiger partial charge in [-0.15, -0.1) is 11.3 Å². The summed E-state index contributed by atoms with van der Waals surface area (Å²) in [7, 11) is 4.08. The summed E-state index contributed by atoms with van der Waals surface area (Å²) in [6.07, 6.45) is 2.75. The van der Waals surface area contributed by atoms with Crippen LogP contribution in [0.15, 0.2) is 0 Å². The van der Waals surface area contributed by atoms with E-state index in [1.807, 2.05) is 14.1 Å². The van der Waals surface area contributed by atoms with Gasteiger partial charge in [0.1, 0.15) is 5.01 Å². The van der Waals surface area contributed by atoms with Crippen LogP contribution in [0.1, 0.15) is 34.5 Å². The largest absolute Gasteiger partial charge is 0.388 e. The molecule has 0 amide bonds. The Morgan fingerprint density at radius 1 is 1.57 bits per heavy atom. The van der Waals surface area contributed by atoms with E-state index >= 15 is 0 Å². The van der Waals surface area contributed by atoms with Gasteiger partial charge in [-0.05, 0) is 33.4 Å². The van der Waals surface area contributed by atoms with Gasteiger partial charge in [0.15, 0.2) is 0 Å². The van der Waals surface area contributed by atoms with E-state index in [-0.39, 0.29) is 6.10 Å². The minimum absolute atomic E-state index is 0.257. The van der Waals surface area contributed by atoms with E-state index < -0.39 is 0 Å². The maximum absolute atomic E-state index is 9.77. The molecule has 0 saturated heterocycles. The molecule has 1 atom stereocenters. The van der Waals surface area contributed by atoms with Crippen molar-refractivity contribution in [2.24, 2.45) is 0 Å². The van der Waals surface area contributed by atoms with Gasteiger partial charge in [-0.25, -0.2) is 4.98 Å². The van der Waals surface area contributed by atoms with Crippen LogP contribution in [0, 0.1) is 0 Å². The zero-order chi connectivity index (χ0) is 10.1. The van der Waals surface area contributed by atoms with Crippen molar-refractivity contribution in [3.8, 4) is 0 Å². The molecule has 4 heteroatoms. The summed E-state index contributed by atoms with van der Waals surface area (Å²) in [6.45, 7) is 0.879. The van der Waals surface area contributed by atoms with E-state index in [1.54, 1.807) is 11.3 Å². The van der Waals surface area contributed by atoms with Crippen molar-refractivity contribution in [2.45, 2.75) is 31.9 Å². The third-order valence-corrected chi connectivity index (χ3v) is 3.60. The van der Waals surface area contributed by atoms with Crippen LogP contribution >= 0.6 is 11.3 Å². The van der Waals surface area contributed by atoms with E-state index in [4.69, 9.17) is 0 Å². The van der Waals surface area contributed by atoms with E-state index in [0.29, 0.717) is 0 Å². The second kappa shape index (κ2) is 3.96. The topological polar surface area (TPSA) is 36.4 Å². The summed E-state index contributed by atoms with van der Waals surface area (Å²) in [5.41, 5.74) is 1.13. The number of thiazole rings is 1. The fraction of sp³-hybridized carbons (Fsp3) is 0.700. The van der Waals surface area contributed by atoms with Crippen LogP contribution in [-0.4, -0.2) is 29.1 Å². The predicted molar refractivity (Wildman–Crippen MR) is 57.4 cm³/mol. The molecule has 1 heterocycles. The summed E-state index contributed by atoms with van der Waals surface area (Å²) < 4.78 is 0. The Kier molecular flexibility index (Phi) is 2.85. The standard InChI is InChI=1S/C10H16N2OS/c1-12(2)6-9-11-7-4-3-5-8(13)10(7)14-9/h8,13H,3-6H2,1-2H3. The number of nitrogens with zero attached hydrogens (tertiary/aromatic N) is 2.